The minimum atomic E-state index is -0.966. The van der Waals surface area contributed by atoms with Gasteiger partial charge in [0.15, 0.2) is 5.78 Å². The molecular weight excluding hydrogens is 256 g/mol. The van der Waals surface area contributed by atoms with Crippen molar-refractivity contribution in [1.82, 2.24) is 0 Å². The SMILES string of the molecule is CC1(C)CCC(=O)C(=NNc2ccc(C(=O)O)cc2)C1. The van der Waals surface area contributed by atoms with Gasteiger partial charge in [0.05, 0.1) is 11.3 Å². The summed E-state index contributed by atoms with van der Waals surface area (Å²) in [5.41, 5.74) is 4.37. The Kier molecular flexibility index (Phi) is 3.88. The summed E-state index contributed by atoms with van der Waals surface area (Å²) >= 11 is 0. The number of anilines is 1. The summed E-state index contributed by atoms with van der Waals surface area (Å²) in [4.78, 5) is 22.5. The van der Waals surface area contributed by atoms with Crippen LogP contribution in [0.1, 0.15) is 43.5 Å². The zero-order chi connectivity index (χ0) is 14.8. The summed E-state index contributed by atoms with van der Waals surface area (Å²) in [6.07, 6.45) is 2.08. The lowest BCUT2D eigenvalue weighted by Gasteiger charge is -2.29. The second kappa shape index (κ2) is 5.45. The quantitative estimate of drug-likeness (QED) is 0.831. The summed E-state index contributed by atoms with van der Waals surface area (Å²) in [6.45, 7) is 4.24. The van der Waals surface area contributed by atoms with Gasteiger partial charge in [-0.3, -0.25) is 10.2 Å². The molecule has 2 rings (SSSR count). The van der Waals surface area contributed by atoms with E-state index in [0.29, 0.717) is 24.2 Å². The van der Waals surface area contributed by atoms with Crippen LogP contribution in [0.2, 0.25) is 0 Å². The number of carboxylic acids is 1. The molecule has 2 N–H and O–H groups in total. The zero-order valence-corrected chi connectivity index (χ0v) is 11.6. The molecule has 0 amide bonds. The topological polar surface area (TPSA) is 78.8 Å². The highest BCUT2D eigenvalue weighted by atomic mass is 16.4. The van der Waals surface area contributed by atoms with Gasteiger partial charge in [-0.25, -0.2) is 4.79 Å². The van der Waals surface area contributed by atoms with Gasteiger partial charge < -0.3 is 5.11 Å². The summed E-state index contributed by atoms with van der Waals surface area (Å²) in [5.74, 6) is -0.883. The molecule has 5 nitrogen and oxygen atoms in total. The first-order valence-electron chi connectivity index (χ1n) is 6.56. The van der Waals surface area contributed by atoms with E-state index >= 15 is 0 Å². The molecular formula is C15H18N2O3. The lowest BCUT2D eigenvalue weighted by molar-refractivity contribution is -0.114. The number of carboxylic acid groups (broad SMARTS) is 1. The van der Waals surface area contributed by atoms with E-state index < -0.39 is 5.97 Å². The number of rotatable bonds is 3. The van der Waals surface area contributed by atoms with Gasteiger partial charge in [0.1, 0.15) is 5.71 Å². The van der Waals surface area contributed by atoms with E-state index in [1.165, 1.54) is 12.1 Å². The number of hydrogen-bond donors (Lipinski definition) is 2. The largest absolute Gasteiger partial charge is 0.478 e. The molecule has 0 unspecified atom stereocenters. The van der Waals surface area contributed by atoms with Gasteiger partial charge in [-0.15, -0.1) is 0 Å². The van der Waals surface area contributed by atoms with E-state index in [0.717, 1.165) is 6.42 Å². The van der Waals surface area contributed by atoms with Gasteiger partial charge in [-0.05, 0) is 36.1 Å². The first-order chi connectivity index (χ1) is 9.37. The lowest BCUT2D eigenvalue weighted by atomic mass is 9.76. The summed E-state index contributed by atoms with van der Waals surface area (Å²) in [6, 6.07) is 6.26. The Morgan fingerprint density at radius 1 is 1.30 bits per heavy atom. The van der Waals surface area contributed by atoms with Crippen molar-refractivity contribution < 1.29 is 14.7 Å². The molecule has 0 radical (unpaired) electrons. The molecule has 0 bridgehead atoms. The Labute approximate surface area is 117 Å². The highest BCUT2D eigenvalue weighted by Gasteiger charge is 2.30. The van der Waals surface area contributed by atoms with E-state index in [9.17, 15) is 9.59 Å². The van der Waals surface area contributed by atoms with Crippen LogP contribution < -0.4 is 5.43 Å². The van der Waals surface area contributed by atoms with Crippen molar-refractivity contribution in [2.75, 3.05) is 5.43 Å². The zero-order valence-electron chi connectivity index (χ0n) is 11.6. The standard InChI is InChI=1S/C15H18N2O3/c1-15(2)8-7-13(18)12(9-15)17-16-11-5-3-10(4-6-11)14(19)20/h3-6,16H,7-9H2,1-2H3,(H,19,20). The number of aromatic carboxylic acids is 1. The van der Waals surface area contributed by atoms with Gasteiger partial charge in [-0.2, -0.15) is 5.10 Å². The Morgan fingerprint density at radius 3 is 2.55 bits per heavy atom. The molecule has 5 heteroatoms. The first-order valence-corrected chi connectivity index (χ1v) is 6.56. The molecule has 0 spiro atoms. The van der Waals surface area contributed by atoms with Crippen LogP contribution in [0.5, 0.6) is 0 Å². The molecule has 1 aliphatic carbocycles. The third-order valence-corrected chi connectivity index (χ3v) is 3.45. The second-order valence-corrected chi connectivity index (χ2v) is 5.82. The smallest absolute Gasteiger partial charge is 0.335 e. The van der Waals surface area contributed by atoms with Crippen LogP contribution in [0.25, 0.3) is 0 Å². The van der Waals surface area contributed by atoms with Crippen LogP contribution in [0.15, 0.2) is 29.4 Å². The molecule has 1 fully saturated rings. The van der Waals surface area contributed by atoms with E-state index in [1.807, 2.05) is 0 Å². The van der Waals surface area contributed by atoms with E-state index in [-0.39, 0.29) is 16.8 Å². The van der Waals surface area contributed by atoms with Crippen molar-refractivity contribution in [1.29, 1.82) is 0 Å². The number of nitrogens with zero attached hydrogens (tertiary/aromatic N) is 1. The number of nitrogens with one attached hydrogen (secondary N) is 1. The molecule has 0 aliphatic heterocycles. The molecule has 20 heavy (non-hydrogen) atoms. The van der Waals surface area contributed by atoms with Gasteiger partial charge in [0, 0.05) is 12.8 Å². The van der Waals surface area contributed by atoms with Gasteiger partial charge in [0.25, 0.3) is 0 Å². The van der Waals surface area contributed by atoms with E-state index in [2.05, 4.69) is 24.4 Å². The number of ketones is 1. The minimum Gasteiger partial charge on any atom is -0.478 e. The van der Waals surface area contributed by atoms with Crippen molar-refractivity contribution in [3.63, 3.8) is 0 Å². The number of carbonyl (C=O) groups is 2. The maximum Gasteiger partial charge on any atom is 0.335 e. The fourth-order valence-corrected chi connectivity index (χ4v) is 2.16. The number of hydrazone groups is 1. The number of hydrogen-bond acceptors (Lipinski definition) is 4. The fraction of sp³-hybridized carbons (Fsp3) is 0.400. The maximum absolute atomic E-state index is 11.8. The fourth-order valence-electron chi connectivity index (χ4n) is 2.16. The average molecular weight is 274 g/mol. The third kappa shape index (κ3) is 3.44. The van der Waals surface area contributed by atoms with Crippen LogP contribution in [0.3, 0.4) is 0 Å². The normalized spacial score (nSPS) is 19.9. The van der Waals surface area contributed by atoms with Crippen LogP contribution in [-0.2, 0) is 4.79 Å². The van der Waals surface area contributed by atoms with Crippen molar-refractivity contribution in [2.24, 2.45) is 10.5 Å². The number of Topliss-reactive ketones (excluding diaryl/α,β-unsaturated/α-hetero) is 1. The van der Waals surface area contributed by atoms with Crippen LogP contribution in [0, 0.1) is 5.41 Å². The Bertz CT molecular complexity index is 559. The number of benzene rings is 1. The maximum atomic E-state index is 11.8. The molecule has 0 saturated heterocycles. The van der Waals surface area contributed by atoms with Crippen molar-refractivity contribution in [3.8, 4) is 0 Å². The number of carbonyl (C=O) groups excluding carboxylic acids is 1. The van der Waals surface area contributed by atoms with Crippen molar-refractivity contribution in [3.05, 3.63) is 29.8 Å². The van der Waals surface area contributed by atoms with Crippen molar-refractivity contribution >= 4 is 23.2 Å². The summed E-state index contributed by atoms with van der Waals surface area (Å²) in [5, 5.41) is 13.0. The van der Waals surface area contributed by atoms with Gasteiger partial charge >= 0.3 is 5.97 Å². The van der Waals surface area contributed by atoms with Gasteiger partial charge in [0.2, 0.25) is 0 Å². The van der Waals surface area contributed by atoms with Crippen LogP contribution in [-0.4, -0.2) is 22.6 Å². The Morgan fingerprint density at radius 2 is 1.95 bits per heavy atom. The van der Waals surface area contributed by atoms with Crippen molar-refractivity contribution in [2.45, 2.75) is 33.1 Å². The second-order valence-electron chi connectivity index (χ2n) is 5.82. The molecule has 1 aromatic rings. The third-order valence-electron chi connectivity index (χ3n) is 3.45. The van der Waals surface area contributed by atoms with Crippen LogP contribution in [0.4, 0.5) is 5.69 Å². The molecule has 106 valence electrons. The molecule has 0 aromatic heterocycles. The predicted molar refractivity (Wildman–Crippen MR) is 77.1 cm³/mol. The first kappa shape index (κ1) is 14.2. The molecule has 1 saturated carbocycles. The highest BCUT2D eigenvalue weighted by molar-refractivity contribution is 6.40. The minimum absolute atomic E-state index is 0.0824. The predicted octanol–water partition coefficient (Wildman–Crippen LogP) is 2.93. The monoisotopic (exact) mass is 274 g/mol. The Balaban J connectivity index is 2.08. The van der Waals surface area contributed by atoms with E-state index in [1.54, 1.807) is 12.1 Å². The highest BCUT2D eigenvalue weighted by Crippen LogP contribution is 2.32. The van der Waals surface area contributed by atoms with Crippen LogP contribution >= 0.6 is 0 Å². The Hall–Kier alpha value is -2.17. The summed E-state index contributed by atoms with van der Waals surface area (Å²) in [7, 11) is 0. The lowest BCUT2D eigenvalue weighted by Crippen LogP contribution is -2.30. The molecule has 1 aliphatic rings. The molecule has 0 heterocycles. The summed E-state index contributed by atoms with van der Waals surface area (Å²) < 4.78 is 0. The van der Waals surface area contributed by atoms with E-state index in [4.69, 9.17) is 5.11 Å². The van der Waals surface area contributed by atoms with Gasteiger partial charge in [-0.1, -0.05) is 13.8 Å². The average Bonchev–Trinajstić information content (AvgIpc) is 2.40. The molecule has 1 aromatic carbocycles. The molecule has 0 atom stereocenters.